The Morgan fingerprint density at radius 1 is 1.22 bits per heavy atom. The third-order valence-corrected chi connectivity index (χ3v) is 3.38. The highest BCUT2D eigenvalue weighted by atomic mass is 19.4. The molecule has 0 atom stereocenters. The van der Waals surface area contributed by atoms with Crippen LogP contribution in [0.25, 0.3) is 0 Å². The number of hydrogen-bond acceptors (Lipinski definition) is 4. The van der Waals surface area contributed by atoms with E-state index < -0.39 is 6.36 Å². The first-order chi connectivity index (χ1) is 10.9. The van der Waals surface area contributed by atoms with E-state index in [2.05, 4.69) is 15.4 Å². The number of nitrogens with one attached hydrogen (secondary N) is 2. The number of alkyl halides is 3. The SMILES string of the molecule is O=C(COC1CCNCC1)NCc1ccc(OC(F)(F)F)cc1. The van der Waals surface area contributed by atoms with Gasteiger partial charge < -0.3 is 20.1 Å². The van der Waals surface area contributed by atoms with E-state index in [9.17, 15) is 18.0 Å². The van der Waals surface area contributed by atoms with Gasteiger partial charge in [-0.25, -0.2) is 0 Å². The second kappa shape index (κ2) is 8.16. The molecule has 1 aromatic carbocycles. The lowest BCUT2D eigenvalue weighted by atomic mass is 10.1. The van der Waals surface area contributed by atoms with Gasteiger partial charge in [0.25, 0.3) is 0 Å². The molecule has 8 heteroatoms. The number of rotatable bonds is 6. The number of benzene rings is 1. The van der Waals surface area contributed by atoms with E-state index >= 15 is 0 Å². The number of amides is 1. The van der Waals surface area contributed by atoms with Crippen molar-refractivity contribution < 1.29 is 27.4 Å². The maximum absolute atomic E-state index is 12.0. The fourth-order valence-corrected chi connectivity index (χ4v) is 2.22. The van der Waals surface area contributed by atoms with Crippen LogP contribution in [0.3, 0.4) is 0 Å². The van der Waals surface area contributed by atoms with Crippen molar-refractivity contribution in [2.45, 2.75) is 31.9 Å². The second-order valence-corrected chi connectivity index (χ2v) is 5.23. The van der Waals surface area contributed by atoms with Gasteiger partial charge in [-0.2, -0.15) is 0 Å². The first-order valence-electron chi connectivity index (χ1n) is 7.36. The lowest BCUT2D eigenvalue weighted by Crippen LogP contribution is -2.35. The summed E-state index contributed by atoms with van der Waals surface area (Å²) in [6.07, 6.45) is -2.84. The van der Waals surface area contributed by atoms with Gasteiger partial charge in [0.15, 0.2) is 0 Å². The van der Waals surface area contributed by atoms with Crippen LogP contribution in [-0.4, -0.2) is 38.1 Å². The number of ether oxygens (including phenoxy) is 2. The van der Waals surface area contributed by atoms with Crippen LogP contribution in [-0.2, 0) is 16.1 Å². The molecular formula is C15H19F3N2O3. The van der Waals surface area contributed by atoms with E-state index in [1.807, 2.05) is 0 Å². The predicted octanol–water partition coefficient (Wildman–Crippen LogP) is 1.97. The Balaban J connectivity index is 1.69. The van der Waals surface area contributed by atoms with Gasteiger partial charge in [-0.05, 0) is 43.6 Å². The van der Waals surface area contributed by atoms with E-state index in [1.54, 1.807) is 0 Å². The van der Waals surface area contributed by atoms with Crippen LogP contribution in [0.5, 0.6) is 5.75 Å². The lowest BCUT2D eigenvalue weighted by Gasteiger charge is -2.22. The van der Waals surface area contributed by atoms with Crippen molar-refractivity contribution in [3.8, 4) is 5.75 Å². The summed E-state index contributed by atoms with van der Waals surface area (Å²) in [7, 11) is 0. The molecule has 23 heavy (non-hydrogen) atoms. The molecule has 1 fully saturated rings. The van der Waals surface area contributed by atoms with Gasteiger partial charge in [-0.3, -0.25) is 4.79 Å². The van der Waals surface area contributed by atoms with Crippen LogP contribution in [0.15, 0.2) is 24.3 Å². The van der Waals surface area contributed by atoms with Crippen LogP contribution in [0, 0.1) is 0 Å². The van der Waals surface area contributed by atoms with Crippen LogP contribution >= 0.6 is 0 Å². The molecule has 2 rings (SSSR count). The number of piperidine rings is 1. The molecule has 0 aliphatic carbocycles. The highest BCUT2D eigenvalue weighted by molar-refractivity contribution is 5.77. The minimum Gasteiger partial charge on any atom is -0.406 e. The first-order valence-corrected chi connectivity index (χ1v) is 7.36. The van der Waals surface area contributed by atoms with E-state index in [0.717, 1.165) is 25.9 Å². The smallest absolute Gasteiger partial charge is 0.406 e. The van der Waals surface area contributed by atoms with Crippen molar-refractivity contribution in [1.82, 2.24) is 10.6 Å². The number of carbonyl (C=O) groups excluding carboxylic acids is 1. The zero-order valence-corrected chi connectivity index (χ0v) is 12.5. The van der Waals surface area contributed by atoms with Gasteiger partial charge in [0.05, 0.1) is 6.10 Å². The maximum atomic E-state index is 12.0. The van der Waals surface area contributed by atoms with Gasteiger partial charge in [0.1, 0.15) is 12.4 Å². The summed E-state index contributed by atoms with van der Waals surface area (Å²) < 4.78 is 45.4. The zero-order chi connectivity index (χ0) is 16.7. The van der Waals surface area contributed by atoms with Crippen LogP contribution in [0.2, 0.25) is 0 Å². The Bertz CT molecular complexity index is 500. The molecule has 5 nitrogen and oxygen atoms in total. The Morgan fingerprint density at radius 3 is 2.48 bits per heavy atom. The second-order valence-electron chi connectivity index (χ2n) is 5.23. The molecule has 0 unspecified atom stereocenters. The molecular weight excluding hydrogens is 313 g/mol. The topological polar surface area (TPSA) is 59.6 Å². The molecule has 0 aromatic heterocycles. The van der Waals surface area contributed by atoms with Gasteiger partial charge in [0, 0.05) is 6.54 Å². The van der Waals surface area contributed by atoms with Crippen LogP contribution in [0.4, 0.5) is 13.2 Å². The highest BCUT2D eigenvalue weighted by Crippen LogP contribution is 2.22. The zero-order valence-electron chi connectivity index (χ0n) is 12.5. The van der Waals surface area contributed by atoms with E-state index in [4.69, 9.17) is 4.74 Å². The largest absolute Gasteiger partial charge is 0.573 e. The number of halogens is 3. The molecule has 2 N–H and O–H groups in total. The van der Waals surface area contributed by atoms with Gasteiger partial charge in [-0.15, -0.1) is 13.2 Å². The van der Waals surface area contributed by atoms with Crippen molar-refractivity contribution >= 4 is 5.91 Å². The Labute approximate surface area is 132 Å². The predicted molar refractivity (Wildman–Crippen MR) is 76.8 cm³/mol. The molecule has 0 radical (unpaired) electrons. The van der Waals surface area contributed by atoms with Gasteiger partial charge in [0.2, 0.25) is 5.91 Å². The minimum absolute atomic E-state index is 0.0140. The van der Waals surface area contributed by atoms with Gasteiger partial charge in [-0.1, -0.05) is 12.1 Å². The summed E-state index contributed by atoms with van der Waals surface area (Å²) in [4.78, 5) is 11.7. The van der Waals surface area contributed by atoms with Crippen molar-refractivity contribution in [2.24, 2.45) is 0 Å². The average molecular weight is 332 g/mol. The first kappa shape index (κ1) is 17.6. The fourth-order valence-electron chi connectivity index (χ4n) is 2.22. The van der Waals surface area contributed by atoms with Crippen LogP contribution in [0.1, 0.15) is 18.4 Å². The van der Waals surface area contributed by atoms with E-state index in [1.165, 1.54) is 24.3 Å². The Kier molecular flexibility index (Phi) is 6.23. The third kappa shape index (κ3) is 6.87. The number of hydrogen-bond donors (Lipinski definition) is 2. The summed E-state index contributed by atoms with van der Waals surface area (Å²) in [5.41, 5.74) is 0.676. The molecule has 1 aromatic rings. The normalized spacial score (nSPS) is 16.1. The summed E-state index contributed by atoms with van der Waals surface area (Å²) in [5, 5.41) is 5.87. The number of carbonyl (C=O) groups is 1. The standard InChI is InChI=1S/C15H19F3N2O3/c16-15(17,18)23-13-3-1-11(2-4-13)9-20-14(21)10-22-12-5-7-19-8-6-12/h1-4,12,19H,5-10H2,(H,20,21). The highest BCUT2D eigenvalue weighted by Gasteiger charge is 2.30. The third-order valence-electron chi connectivity index (χ3n) is 3.38. The molecule has 1 aliphatic rings. The quantitative estimate of drug-likeness (QED) is 0.836. The van der Waals surface area contributed by atoms with Crippen LogP contribution < -0.4 is 15.4 Å². The summed E-state index contributed by atoms with van der Waals surface area (Å²) >= 11 is 0. The molecule has 1 heterocycles. The minimum atomic E-state index is -4.71. The molecule has 1 amide bonds. The fraction of sp³-hybridized carbons (Fsp3) is 0.533. The van der Waals surface area contributed by atoms with E-state index in [-0.39, 0.29) is 30.9 Å². The van der Waals surface area contributed by atoms with Gasteiger partial charge >= 0.3 is 6.36 Å². The average Bonchev–Trinajstić information content (AvgIpc) is 2.52. The summed E-state index contributed by atoms with van der Waals surface area (Å²) in [5.74, 6) is -0.541. The maximum Gasteiger partial charge on any atom is 0.573 e. The molecule has 1 saturated heterocycles. The van der Waals surface area contributed by atoms with Crippen molar-refractivity contribution in [2.75, 3.05) is 19.7 Å². The molecule has 128 valence electrons. The summed E-state index contributed by atoms with van der Waals surface area (Å²) in [6.45, 7) is 1.98. The Morgan fingerprint density at radius 2 is 1.87 bits per heavy atom. The van der Waals surface area contributed by atoms with E-state index in [0.29, 0.717) is 5.56 Å². The molecule has 0 spiro atoms. The van der Waals surface area contributed by atoms with Crippen molar-refractivity contribution in [3.63, 3.8) is 0 Å². The lowest BCUT2D eigenvalue weighted by molar-refractivity contribution is -0.274. The molecule has 1 aliphatic heterocycles. The Hall–Kier alpha value is -1.80. The monoisotopic (exact) mass is 332 g/mol. The molecule has 0 saturated carbocycles. The van der Waals surface area contributed by atoms with Crippen molar-refractivity contribution in [1.29, 1.82) is 0 Å². The van der Waals surface area contributed by atoms with Crippen molar-refractivity contribution in [3.05, 3.63) is 29.8 Å². The summed E-state index contributed by atoms with van der Waals surface area (Å²) in [6, 6.07) is 5.35. The molecule has 0 bridgehead atoms.